The second-order valence-electron chi connectivity index (χ2n) is 6.08. The van der Waals surface area contributed by atoms with E-state index in [0.29, 0.717) is 22.9 Å². The number of aryl methyl sites for hydroxylation is 1. The van der Waals surface area contributed by atoms with Crippen LogP contribution >= 0.6 is 11.3 Å². The van der Waals surface area contributed by atoms with Crippen LogP contribution in [0.4, 0.5) is 5.00 Å². The van der Waals surface area contributed by atoms with Crippen LogP contribution in [0.3, 0.4) is 0 Å². The normalized spacial score (nSPS) is 11.8. The molecule has 0 aliphatic heterocycles. The summed E-state index contributed by atoms with van der Waals surface area (Å²) in [5.74, 6) is 0.496. The van der Waals surface area contributed by atoms with Gasteiger partial charge in [0.25, 0.3) is 0 Å². The molecular weight excluding hydrogens is 316 g/mol. The fraction of sp³-hybridized carbons (Fsp3) is 0.400. The maximum Gasteiger partial charge on any atom is 0.224 e. The van der Waals surface area contributed by atoms with E-state index in [4.69, 9.17) is 0 Å². The Morgan fingerprint density at radius 1 is 1.29 bits per heavy atom. The average Bonchev–Trinajstić information content (AvgIpc) is 2.89. The Balaban J connectivity index is 2.38. The zero-order chi connectivity index (χ0) is 17.7. The number of nitrogens with one attached hydrogen (secondary N) is 1. The average molecular weight is 340 g/mol. The summed E-state index contributed by atoms with van der Waals surface area (Å²) in [5.41, 5.74) is 3.84. The molecule has 0 radical (unpaired) electrons. The molecule has 4 heteroatoms. The van der Waals surface area contributed by atoms with Crippen molar-refractivity contribution < 1.29 is 4.79 Å². The van der Waals surface area contributed by atoms with Gasteiger partial charge < -0.3 is 5.32 Å². The van der Waals surface area contributed by atoms with Gasteiger partial charge in [-0.3, -0.25) is 4.79 Å². The van der Waals surface area contributed by atoms with Crippen molar-refractivity contribution >= 4 is 22.2 Å². The van der Waals surface area contributed by atoms with E-state index in [1.54, 1.807) is 0 Å². The molecule has 0 aliphatic rings. The van der Waals surface area contributed by atoms with Gasteiger partial charge in [-0.25, -0.2) is 0 Å². The van der Waals surface area contributed by atoms with Crippen molar-refractivity contribution in [2.45, 2.75) is 52.9 Å². The second-order valence-corrected chi connectivity index (χ2v) is 7.30. The molecule has 1 aromatic heterocycles. The Labute approximate surface area is 148 Å². The van der Waals surface area contributed by atoms with Crippen LogP contribution in [0.5, 0.6) is 0 Å². The monoisotopic (exact) mass is 340 g/mol. The summed E-state index contributed by atoms with van der Waals surface area (Å²) >= 11 is 1.48. The zero-order valence-corrected chi connectivity index (χ0v) is 15.6. The summed E-state index contributed by atoms with van der Waals surface area (Å²) in [4.78, 5) is 12.9. The molecule has 0 aliphatic carbocycles. The number of amides is 1. The molecule has 2 aromatic rings. The van der Waals surface area contributed by atoms with Crippen LogP contribution < -0.4 is 5.32 Å². The molecule has 1 heterocycles. The van der Waals surface area contributed by atoms with Crippen molar-refractivity contribution in [2.24, 2.45) is 0 Å². The molecule has 0 fully saturated rings. The molecule has 1 amide bonds. The highest BCUT2D eigenvalue weighted by Crippen LogP contribution is 2.39. The van der Waals surface area contributed by atoms with Crippen LogP contribution in [-0.4, -0.2) is 5.91 Å². The van der Waals surface area contributed by atoms with E-state index < -0.39 is 0 Å². The fourth-order valence-electron chi connectivity index (χ4n) is 2.72. The Hall–Kier alpha value is -2.12. The lowest BCUT2D eigenvalue weighted by molar-refractivity contribution is -0.116. The van der Waals surface area contributed by atoms with E-state index >= 15 is 0 Å². The third-order valence-electron chi connectivity index (χ3n) is 4.31. The van der Waals surface area contributed by atoms with Gasteiger partial charge in [-0.05, 0) is 36.8 Å². The summed E-state index contributed by atoms with van der Waals surface area (Å²) in [7, 11) is 0. The van der Waals surface area contributed by atoms with Crippen molar-refractivity contribution in [3.63, 3.8) is 0 Å². The molecule has 0 saturated heterocycles. The molecular formula is C20H24N2OS. The number of thiophene rings is 1. The predicted octanol–water partition coefficient (Wildman–Crippen LogP) is 5.85. The highest BCUT2D eigenvalue weighted by atomic mass is 32.1. The van der Waals surface area contributed by atoms with Crippen LogP contribution in [0.2, 0.25) is 0 Å². The molecule has 0 bridgehead atoms. The number of nitriles is 1. The van der Waals surface area contributed by atoms with Crippen molar-refractivity contribution in [3.05, 3.63) is 40.3 Å². The molecule has 0 spiro atoms. The molecule has 1 atom stereocenters. The van der Waals surface area contributed by atoms with Crippen LogP contribution in [0.1, 0.15) is 62.0 Å². The number of carbonyl (C=O) groups excluding carboxylic acids is 1. The Morgan fingerprint density at radius 2 is 1.96 bits per heavy atom. The Kier molecular flexibility index (Phi) is 6.16. The number of nitrogens with zero attached hydrogens (tertiary/aromatic N) is 1. The first-order valence-corrected chi connectivity index (χ1v) is 9.27. The first-order chi connectivity index (χ1) is 11.5. The van der Waals surface area contributed by atoms with Gasteiger partial charge in [0.1, 0.15) is 11.1 Å². The summed E-state index contributed by atoms with van der Waals surface area (Å²) < 4.78 is 0. The smallest absolute Gasteiger partial charge is 0.224 e. The quantitative estimate of drug-likeness (QED) is 0.717. The van der Waals surface area contributed by atoms with Crippen molar-refractivity contribution in [2.75, 3.05) is 5.32 Å². The molecule has 0 unspecified atom stereocenters. The number of hydrogen-bond donors (Lipinski definition) is 1. The maximum absolute atomic E-state index is 11.9. The van der Waals surface area contributed by atoms with Crippen molar-refractivity contribution in [1.29, 1.82) is 5.26 Å². The number of anilines is 1. The van der Waals surface area contributed by atoms with E-state index in [2.05, 4.69) is 49.5 Å². The summed E-state index contributed by atoms with van der Waals surface area (Å²) in [6, 6.07) is 10.7. The minimum absolute atomic E-state index is 0.0334. The molecule has 24 heavy (non-hydrogen) atoms. The van der Waals surface area contributed by atoms with E-state index in [1.165, 1.54) is 16.9 Å². The van der Waals surface area contributed by atoms with Crippen molar-refractivity contribution in [1.82, 2.24) is 0 Å². The van der Waals surface area contributed by atoms with Crippen LogP contribution in [-0.2, 0) is 4.79 Å². The lowest BCUT2D eigenvalue weighted by atomic mass is 9.95. The van der Waals surface area contributed by atoms with Crippen LogP contribution in [0.25, 0.3) is 11.1 Å². The van der Waals surface area contributed by atoms with E-state index in [9.17, 15) is 10.1 Å². The van der Waals surface area contributed by atoms with E-state index in [-0.39, 0.29) is 5.91 Å². The first kappa shape index (κ1) is 18.2. The second kappa shape index (κ2) is 8.12. The number of benzene rings is 1. The summed E-state index contributed by atoms with van der Waals surface area (Å²) in [6.07, 6.45) is 2.37. The van der Waals surface area contributed by atoms with E-state index in [1.807, 2.05) is 13.8 Å². The molecule has 126 valence electrons. The van der Waals surface area contributed by atoms with Crippen LogP contribution in [0, 0.1) is 18.3 Å². The van der Waals surface area contributed by atoms with Gasteiger partial charge in [-0.2, -0.15) is 5.26 Å². The van der Waals surface area contributed by atoms with Gasteiger partial charge in [-0.15, -0.1) is 11.3 Å². The van der Waals surface area contributed by atoms with Crippen molar-refractivity contribution in [3.8, 4) is 17.2 Å². The lowest BCUT2D eigenvalue weighted by Crippen LogP contribution is -2.10. The predicted molar refractivity (Wildman–Crippen MR) is 101 cm³/mol. The summed E-state index contributed by atoms with van der Waals surface area (Å²) in [5, 5.41) is 13.2. The Morgan fingerprint density at radius 3 is 2.50 bits per heavy atom. The van der Waals surface area contributed by atoms with E-state index in [0.717, 1.165) is 28.8 Å². The molecule has 2 rings (SSSR count). The molecule has 1 N–H and O–H groups in total. The number of carbonyl (C=O) groups is 1. The highest BCUT2D eigenvalue weighted by Gasteiger charge is 2.19. The topological polar surface area (TPSA) is 52.9 Å². The number of rotatable bonds is 6. The minimum atomic E-state index is -0.0334. The Bertz CT molecular complexity index is 753. The standard InChI is InChI=1S/C20H24N2OS/c1-5-7-18(23)22-20-17(12-21)19(14(4)24-20)16-10-8-15(9-11-16)13(3)6-2/h8-11,13H,5-7H2,1-4H3,(H,22,23)/t13-/m1/s1. The first-order valence-electron chi connectivity index (χ1n) is 8.45. The number of hydrogen-bond acceptors (Lipinski definition) is 3. The molecule has 3 nitrogen and oxygen atoms in total. The maximum atomic E-state index is 11.9. The SMILES string of the molecule is CCCC(=O)Nc1sc(C)c(-c2ccc([C@H](C)CC)cc2)c1C#N. The third-order valence-corrected chi connectivity index (χ3v) is 5.33. The molecule has 0 saturated carbocycles. The largest absolute Gasteiger partial charge is 0.317 e. The zero-order valence-electron chi connectivity index (χ0n) is 14.8. The molecule has 1 aromatic carbocycles. The van der Waals surface area contributed by atoms with Gasteiger partial charge in [0, 0.05) is 16.9 Å². The summed E-state index contributed by atoms with van der Waals surface area (Å²) in [6.45, 7) is 8.36. The van der Waals surface area contributed by atoms with Gasteiger partial charge in [0.2, 0.25) is 5.91 Å². The van der Waals surface area contributed by atoms with Gasteiger partial charge in [-0.1, -0.05) is 45.0 Å². The van der Waals surface area contributed by atoms with Gasteiger partial charge in [0.05, 0.1) is 5.56 Å². The highest BCUT2D eigenvalue weighted by molar-refractivity contribution is 7.17. The third kappa shape index (κ3) is 3.85. The van der Waals surface area contributed by atoms with Gasteiger partial charge in [0.15, 0.2) is 0 Å². The lowest BCUT2D eigenvalue weighted by Gasteiger charge is -2.10. The van der Waals surface area contributed by atoms with Gasteiger partial charge >= 0.3 is 0 Å². The van der Waals surface area contributed by atoms with Crippen LogP contribution in [0.15, 0.2) is 24.3 Å². The minimum Gasteiger partial charge on any atom is -0.317 e. The fourth-order valence-corrected chi connectivity index (χ4v) is 3.76.